The van der Waals surface area contributed by atoms with Crippen LogP contribution >= 0.6 is 11.3 Å². The summed E-state index contributed by atoms with van der Waals surface area (Å²) < 4.78 is 18.8. The molecule has 0 bridgehead atoms. The van der Waals surface area contributed by atoms with Crippen LogP contribution in [0.15, 0.2) is 53.9 Å². The maximum absolute atomic E-state index is 13.2. The molecule has 1 aliphatic heterocycles. The van der Waals surface area contributed by atoms with E-state index in [-0.39, 0.29) is 17.6 Å². The summed E-state index contributed by atoms with van der Waals surface area (Å²) in [4.78, 5) is 13.5. The number of amides is 1. The van der Waals surface area contributed by atoms with Gasteiger partial charge >= 0.3 is 0 Å². The maximum Gasteiger partial charge on any atom is 0.225 e. The lowest BCUT2D eigenvalue weighted by atomic mass is 9.89. The smallest absolute Gasteiger partial charge is 0.225 e. The number of halogens is 1. The van der Waals surface area contributed by atoms with Crippen LogP contribution in [-0.2, 0) is 4.79 Å². The minimum atomic E-state index is -0.271. The first-order valence-electron chi connectivity index (χ1n) is 8.55. The number of rotatable bonds is 4. The highest BCUT2D eigenvalue weighted by molar-refractivity contribution is 7.11. The van der Waals surface area contributed by atoms with Crippen molar-refractivity contribution in [2.24, 2.45) is 0 Å². The van der Waals surface area contributed by atoms with E-state index in [1.54, 1.807) is 23.5 Å². The Balaban J connectivity index is 1.76. The number of hydrogen-bond acceptors (Lipinski definition) is 3. The number of benzene rings is 2. The Hall–Kier alpha value is -2.66. The average Bonchev–Trinajstić information content (AvgIpc) is 3.06. The third-order valence-electron chi connectivity index (χ3n) is 4.52. The quantitative estimate of drug-likeness (QED) is 0.668. The molecule has 1 atom stereocenters. The van der Waals surface area contributed by atoms with Gasteiger partial charge in [-0.3, -0.25) is 4.79 Å². The first kappa shape index (κ1) is 16.8. The molecule has 2 heterocycles. The Morgan fingerprint density at radius 1 is 1.23 bits per heavy atom. The fourth-order valence-electron chi connectivity index (χ4n) is 3.33. The molecule has 1 aromatic heterocycles. The second-order valence-electron chi connectivity index (χ2n) is 6.21. The molecule has 0 saturated heterocycles. The van der Waals surface area contributed by atoms with E-state index in [1.165, 1.54) is 12.1 Å². The van der Waals surface area contributed by atoms with Gasteiger partial charge in [-0.05, 0) is 42.3 Å². The lowest BCUT2D eigenvalue weighted by Crippen LogP contribution is -2.22. The third kappa shape index (κ3) is 3.10. The summed E-state index contributed by atoms with van der Waals surface area (Å²) in [5.74, 6) is 0.532. The van der Waals surface area contributed by atoms with Crippen molar-refractivity contribution in [2.45, 2.75) is 19.3 Å². The molecule has 1 aliphatic rings. The van der Waals surface area contributed by atoms with Crippen molar-refractivity contribution in [3.05, 3.63) is 70.2 Å². The topological polar surface area (TPSA) is 38.3 Å². The highest BCUT2D eigenvalue weighted by Gasteiger charge is 2.30. The minimum Gasteiger partial charge on any atom is -0.494 e. The van der Waals surface area contributed by atoms with Crippen molar-refractivity contribution >= 4 is 22.9 Å². The summed E-state index contributed by atoms with van der Waals surface area (Å²) in [5.41, 5.74) is 3.74. The van der Waals surface area contributed by atoms with Crippen LogP contribution in [0.25, 0.3) is 11.1 Å². The molecular formula is C21H18FNO2S. The number of carbonyl (C=O) groups is 1. The first-order valence-corrected chi connectivity index (χ1v) is 9.43. The highest BCUT2D eigenvalue weighted by Crippen LogP contribution is 2.46. The van der Waals surface area contributed by atoms with Crippen LogP contribution in [0.2, 0.25) is 0 Å². The van der Waals surface area contributed by atoms with Crippen molar-refractivity contribution in [3.8, 4) is 16.9 Å². The third-order valence-corrected chi connectivity index (χ3v) is 5.61. The van der Waals surface area contributed by atoms with E-state index in [0.29, 0.717) is 13.0 Å². The first-order chi connectivity index (χ1) is 12.7. The van der Waals surface area contributed by atoms with Crippen LogP contribution in [0.5, 0.6) is 5.75 Å². The van der Waals surface area contributed by atoms with E-state index in [0.717, 1.165) is 33.0 Å². The molecule has 0 fully saturated rings. The van der Waals surface area contributed by atoms with Gasteiger partial charge < -0.3 is 10.1 Å². The molecule has 0 unspecified atom stereocenters. The standard InChI is InChI=1S/C21H18FNO2S/c1-2-25-16-5-3-4-14(10-16)17-11-19(24)23-20-18(12-26-21(17)20)13-6-8-15(22)9-7-13/h3-10,12,17H,2,11H2,1H3,(H,23,24)/t17-/m0/s1. The zero-order chi connectivity index (χ0) is 18.1. The van der Waals surface area contributed by atoms with Gasteiger partial charge in [0.25, 0.3) is 0 Å². The van der Waals surface area contributed by atoms with E-state index in [9.17, 15) is 9.18 Å². The van der Waals surface area contributed by atoms with Crippen LogP contribution in [0.1, 0.15) is 29.7 Å². The molecule has 4 rings (SSSR count). The van der Waals surface area contributed by atoms with Gasteiger partial charge in [0.15, 0.2) is 0 Å². The van der Waals surface area contributed by atoms with E-state index in [4.69, 9.17) is 4.74 Å². The Labute approximate surface area is 155 Å². The Morgan fingerprint density at radius 2 is 2.04 bits per heavy atom. The monoisotopic (exact) mass is 367 g/mol. The van der Waals surface area contributed by atoms with E-state index in [2.05, 4.69) is 5.32 Å². The van der Waals surface area contributed by atoms with Crippen LogP contribution in [0.4, 0.5) is 10.1 Å². The number of ether oxygens (including phenoxy) is 1. The molecule has 5 heteroatoms. The predicted molar refractivity (Wildman–Crippen MR) is 102 cm³/mol. The lowest BCUT2D eigenvalue weighted by Gasteiger charge is -2.24. The number of fused-ring (bicyclic) bond motifs is 1. The number of thiophene rings is 1. The minimum absolute atomic E-state index is 0.00152. The number of nitrogens with one attached hydrogen (secondary N) is 1. The van der Waals surface area contributed by atoms with Crippen LogP contribution in [-0.4, -0.2) is 12.5 Å². The predicted octanol–water partition coefficient (Wildman–Crippen LogP) is 5.43. The van der Waals surface area contributed by atoms with E-state index >= 15 is 0 Å². The summed E-state index contributed by atoms with van der Waals surface area (Å²) >= 11 is 1.63. The number of anilines is 1. The second kappa shape index (κ2) is 6.92. The molecule has 132 valence electrons. The summed E-state index contributed by atoms with van der Waals surface area (Å²) in [6.45, 7) is 2.56. The molecule has 1 N–H and O–H groups in total. The molecule has 0 saturated carbocycles. The number of hydrogen-bond donors (Lipinski definition) is 1. The van der Waals surface area contributed by atoms with Crippen molar-refractivity contribution in [3.63, 3.8) is 0 Å². The maximum atomic E-state index is 13.2. The molecule has 0 aliphatic carbocycles. The second-order valence-corrected chi connectivity index (χ2v) is 7.12. The molecule has 0 radical (unpaired) electrons. The lowest BCUT2D eigenvalue weighted by molar-refractivity contribution is -0.116. The van der Waals surface area contributed by atoms with Gasteiger partial charge in [0.05, 0.1) is 12.3 Å². The fourth-order valence-corrected chi connectivity index (χ4v) is 4.49. The van der Waals surface area contributed by atoms with Gasteiger partial charge in [-0.15, -0.1) is 11.3 Å². The molecule has 2 aromatic carbocycles. The van der Waals surface area contributed by atoms with Gasteiger partial charge in [-0.1, -0.05) is 24.3 Å². The summed E-state index contributed by atoms with van der Waals surface area (Å²) in [6, 6.07) is 14.3. The fraction of sp³-hybridized carbons (Fsp3) is 0.190. The Bertz CT molecular complexity index is 949. The summed E-state index contributed by atoms with van der Waals surface area (Å²) in [5, 5.41) is 5.04. The molecule has 1 amide bonds. The average molecular weight is 367 g/mol. The summed E-state index contributed by atoms with van der Waals surface area (Å²) in [7, 11) is 0. The SMILES string of the molecule is CCOc1cccc([C@@H]2CC(=O)Nc3c(-c4ccc(F)cc4)csc32)c1. The van der Waals surface area contributed by atoms with Gasteiger partial charge in [0.1, 0.15) is 11.6 Å². The van der Waals surface area contributed by atoms with Crippen LogP contribution in [0, 0.1) is 5.82 Å². The largest absolute Gasteiger partial charge is 0.494 e. The van der Waals surface area contributed by atoms with Crippen molar-refractivity contribution < 1.29 is 13.9 Å². The normalized spacial score (nSPS) is 16.1. The summed E-state index contributed by atoms with van der Waals surface area (Å²) in [6.07, 6.45) is 0.409. The molecule has 3 aromatic rings. The van der Waals surface area contributed by atoms with E-state index < -0.39 is 0 Å². The molecule has 0 spiro atoms. The Kier molecular flexibility index (Phi) is 4.47. The van der Waals surface area contributed by atoms with E-state index in [1.807, 2.05) is 36.6 Å². The van der Waals surface area contributed by atoms with Crippen molar-refractivity contribution in [2.75, 3.05) is 11.9 Å². The van der Waals surface area contributed by atoms with Crippen molar-refractivity contribution in [1.29, 1.82) is 0 Å². The van der Waals surface area contributed by atoms with Gasteiger partial charge in [-0.2, -0.15) is 0 Å². The Morgan fingerprint density at radius 3 is 2.81 bits per heavy atom. The van der Waals surface area contributed by atoms with Gasteiger partial charge in [0, 0.05) is 28.2 Å². The number of carbonyl (C=O) groups excluding carboxylic acids is 1. The van der Waals surface area contributed by atoms with Gasteiger partial charge in [0.2, 0.25) is 5.91 Å². The van der Waals surface area contributed by atoms with Crippen LogP contribution < -0.4 is 10.1 Å². The van der Waals surface area contributed by atoms with Crippen LogP contribution in [0.3, 0.4) is 0 Å². The highest BCUT2D eigenvalue weighted by atomic mass is 32.1. The van der Waals surface area contributed by atoms with Gasteiger partial charge in [-0.25, -0.2) is 4.39 Å². The molecule has 3 nitrogen and oxygen atoms in total. The zero-order valence-electron chi connectivity index (χ0n) is 14.3. The molecule has 26 heavy (non-hydrogen) atoms. The van der Waals surface area contributed by atoms with Crippen molar-refractivity contribution in [1.82, 2.24) is 0 Å². The molecular weight excluding hydrogens is 349 g/mol. The zero-order valence-corrected chi connectivity index (χ0v) is 15.1.